The maximum atomic E-state index is 12.8. The lowest BCUT2D eigenvalue weighted by molar-refractivity contribution is 0.0938. The van der Waals surface area contributed by atoms with Crippen LogP contribution in [-0.4, -0.2) is 72.8 Å². The molecular weight excluding hydrogens is 450 g/mol. The Hall–Kier alpha value is -2.95. The molecule has 1 aliphatic heterocycles. The lowest BCUT2D eigenvalue weighted by Crippen LogP contribution is -2.48. The van der Waals surface area contributed by atoms with Gasteiger partial charge in [-0.15, -0.1) is 0 Å². The van der Waals surface area contributed by atoms with E-state index in [0.29, 0.717) is 23.2 Å². The van der Waals surface area contributed by atoms with E-state index in [1.807, 2.05) is 13.0 Å². The quantitative estimate of drug-likeness (QED) is 0.509. The molecule has 3 heterocycles. The van der Waals surface area contributed by atoms with Gasteiger partial charge in [0.2, 0.25) is 0 Å². The first-order chi connectivity index (χ1) is 16.2. The van der Waals surface area contributed by atoms with Gasteiger partial charge in [-0.2, -0.15) is 5.10 Å². The minimum absolute atomic E-state index is 0.115. The van der Waals surface area contributed by atoms with Crippen LogP contribution in [0.3, 0.4) is 0 Å². The van der Waals surface area contributed by atoms with E-state index in [2.05, 4.69) is 61.2 Å². The fourth-order valence-corrected chi connectivity index (χ4v) is 5.42. The number of nitrogens with one attached hydrogen (secondary N) is 2. The van der Waals surface area contributed by atoms with E-state index in [-0.39, 0.29) is 4.90 Å². The van der Waals surface area contributed by atoms with E-state index in [9.17, 15) is 8.42 Å². The summed E-state index contributed by atoms with van der Waals surface area (Å²) in [5.74, 6) is 0.651. The van der Waals surface area contributed by atoms with Crippen molar-refractivity contribution in [3.8, 4) is 0 Å². The molecule has 0 bridgehead atoms. The number of piperazine rings is 1. The van der Waals surface area contributed by atoms with E-state index in [1.54, 1.807) is 30.8 Å². The zero-order chi connectivity index (χ0) is 24.3. The average Bonchev–Trinajstić information content (AvgIpc) is 3.06. The van der Waals surface area contributed by atoms with Gasteiger partial charge in [-0.1, -0.05) is 30.3 Å². The van der Waals surface area contributed by atoms with Gasteiger partial charge in [0, 0.05) is 52.0 Å². The molecule has 0 amide bonds. The Kier molecular flexibility index (Phi) is 7.20. The van der Waals surface area contributed by atoms with Gasteiger partial charge in [0.1, 0.15) is 10.7 Å². The third kappa shape index (κ3) is 5.40. The SMILES string of the molecule is Cc1nn(C)c(C)c1NS(=O)(=O)c1ccc(NCCN2CCN(C)CC2c2ccccc2)nc1. The Morgan fingerprint density at radius 2 is 1.82 bits per heavy atom. The molecule has 10 heteroatoms. The highest BCUT2D eigenvalue weighted by atomic mass is 32.2. The van der Waals surface area contributed by atoms with Crippen molar-refractivity contribution < 1.29 is 8.42 Å². The number of likely N-dealkylation sites (N-methyl/N-ethyl adjacent to an activating group) is 1. The van der Waals surface area contributed by atoms with Crippen LogP contribution in [0.25, 0.3) is 0 Å². The molecule has 1 saturated heterocycles. The largest absolute Gasteiger partial charge is 0.369 e. The highest BCUT2D eigenvalue weighted by Crippen LogP contribution is 2.25. The molecule has 0 aliphatic carbocycles. The number of anilines is 2. The summed E-state index contributed by atoms with van der Waals surface area (Å²) in [6.07, 6.45) is 1.38. The highest BCUT2D eigenvalue weighted by Gasteiger charge is 2.26. The van der Waals surface area contributed by atoms with Crippen LogP contribution >= 0.6 is 0 Å². The van der Waals surface area contributed by atoms with E-state index < -0.39 is 10.0 Å². The number of rotatable bonds is 8. The fourth-order valence-electron chi connectivity index (χ4n) is 4.30. The Morgan fingerprint density at radius 3 is 2.47 bits per heavy atom. The van der Waals surface area contributed by atoms with Crippen molar-refractivity contribution in [2.75, 3.05) is 49.8 Å². The molecule has 4 rings (SSSR count). The Bertz CT molecular complexity index is 1210. The molecule has 3 aromatic rings. The first-order valence-corrected chi connectivity index (χ1v) is 12.9. The molecule has 1 aromatic carbocycles. The Labute approximate surface area is 201 Å². The zero-order valence-electron chi connectivity index (χ0n) is 20.2. The molecular formula is C24H33N7O2S. The summed E-state index contributed by atoms with van der Waals surface area (Å²) in [5.41, 5.74) is 3.22. The van der Waals surface area contributed by atoms with Gasteiger partial charge >= 0.3 is 0 Å². The van der Waals surface area contributed by atoms with Crippen LogP contribution in [0, 0.1) is 13.8 Å². The van der Waals surface area contributed by atoms with Crippen molar-refractivity contribution in [1.82, 2.24) is 24.6 Å². The van der Waals surface area contributed by atoms with Crippen molar-refractivity contribution in [2.45, 2.75) is 24.8 Å². The van der Waals surface area contributed by atoms with Crippen molar-refractivity contribution in [3.63, 3.8) is 0 Å². The average molecular weight is 484 g/mol. The fraction of sp³-hybridized carbons (Fsp3) is 0.417. The van der Waals surface area contributed by atoms with Crippen molar-refractivity contribution in [1.29, 1.82) is 0 Å². The molecule has 0 spiro atoms. The maximum absolute atomic E-state index is 12.8. The summed E-state index contributed by atoms with van der Waals surface area (Å²) in [6.45, 7) is 8.23. The third-order valence-electron chi connectivity index (χ3n) is 6.38. The van der Waals surface area contributed by atoms with Crippen LogP contribution < -0.4 is 10.0 Å². The number of aromatic nitrogens is 3. The van der Waals surface area contributed by atoms with E-state index in [4.69, 9.17) is 0 Å². The Balaban J connectivity index is 1.36. The summed E-state index contributed by atoms with van der Waals surface area (Å²) >= 11 is 0. The standard InChI is InChI=1S/C24H33N7O2S/c1-18-24(19(2)30(4)27-18)28-34(32,33)21-10-11-23(26-16-21)25-12-13-31-15-14-29(3)17-22(31)20-8-6-5-7-9-20/h5-11,16,22,28H,12-15,17H2,1-4H3,(H,25,26). The topological polar surface area (TPSA) is 95.4 Å². The number of benzene rings is 1. The normalized spacial score (nSPS) is 17.6. The molecule has 0 saturated carbocycles. The van der Waals surface area contributed by atoms with Crippen LogP contribution in [0.5, 0.6) is 0 Å². The summed E-state index contributed by atoms with van der Waals surface area (Å²) in [6, 6.07) is 14.2. The number of nitrogens with zero attached hydrogens (tertiary/aromatic N) is 5. The van der Waals surface area contributed by atoms with Gasteiger partial charge < -0.3 is 10.2 Å². The van der Waals surface area contributed by atoms with Crippen molar-refractivity contribution in [3.05, 3.63) is 65.6 Å². The second-order valence-electron chi connectivity index (χ2n) is 8.81. The monoisotopic (exact) mass is 483 g/mol. The van der Waals surface area contributed by atoms with Crippen LogP contribution in [0.4, 0.5) is 11.5 Å². The molecule has 34 heavy (non-hydrogen) atoms. The Morgan fingerprint density at radius 1 is 1.06 bits per heavy atom. The minimum atomic E-state index is -3.75. The number of hydrogen-bond acceptors (Lipinski definition) is 7. The van der Waals surface area contributed by atoms with Crippen LogP contribution in [0.15, 0.2) is 53.6 Å². The van der Waals surface area contributed by atoms with Gasteiger partial charge in [0.15, 0.2) is 0 Å². The molecule has 2 N–H and O–H groups in total. The minimum Gasteiger partial charge on any atom is -0.369 e. The first kappa shape index (κ1) is 24.2. The van der Waals surface area contributed by atoms with Gasteiger partial charge in [-0.3, -0.25) is 14.3 Å². The molecule has 182 valence electrons. The van der Waals surface area contributed by atoms with E-state index in [1.165, 1.54) is 11.8 Å². The number of hydrogen-bond donors (Lipinski definition) is 2. The molecule has 2 aromatic heterocycles. The molecule has 1 atom stereocenters. The van der Waals surface area contributed by atoms with Crippen molar-refractivity contribution in [2.24, 2.45) is 7.05 Å². The number of pyridine rings is 1. The van der Waals surface area contributed by atoms with Gasteiger partial charge in [-0.25, -0.2) is 13.4 Å². The summed E-state index contributed by atoms with van der Waals surface area (Å²) in [4.78, 5) is 9.30. The zero-order valence-corrected chi connectivity index (χ0v) is 21.0. The van der Waals surface area contributed by atoms with Crippen LogP contribution in [-0.2, 0) is 17.1 Å². The van der Waals surface area contributed by atoms with Crippen LogP contribution in [0.2, 0.25) is 0 Å². The smallest absolute Gasteiger partial charge is 0.263 e. The number of sulfonamides is 1. The van der Waals surface area contributed by atoms with Crippen LogP contribution in [0.1, 0.15) is 23.0 Å². The van der Waals surface area contributed by atoms with Gasteiger partial charge in [0.25, 0.3) is 10.0 Å². The maximum Gasteiger partial charge on any atom is 0.263 e. The van der Waals surface area contributed by atoms with E-state index in [0.717, 1.165) is 38.4 Å². The lowest BCUT2D eigenvalue weighted by Gasteiger charge is -2.40. The highest BCUT2D eigenvalue weighted by molar-refractivity contribution is 7.92. The molecule has 0 radical (unpaired) electrons. The summed E-state index contributed by atoms with van der Waals surface area (Å²) < 4.78 is 29.9. The third-order valence-corrected chi connectivity index (χ3v) is 7.71. The predicted molar refractivity (Wildman–Crippen MR) is 134 cm³/mol. The van der Waals surface area contributed by atoms with Crippen molar-refractivity contribution >= 4 is 21.5 Å². The second kappa shape index (κ2) is 10.1. The lowest BCUT2D eigenvalue weighted by atomic mass is 10.0. The summed E-state index contributed by atoms with van der Waals surface area (Å²) in [7, 11) is 0.199. The van der Waals surface area contributed by atoms with Gasteiger partial charge in [-0.05, 0) is 38.6 Å². The molecule has 1 unspecified atom stereocenters. The number of aryl methyl sites for hydroxylation is 2. The molecule has 1 fully saturated rings. The van der Waals surface area contributed by atoms with E-state index >= 15 is 0 Å². The predicted octanol–water partition coefficient (Wildman–Crippen LogP) is 2.63. The summed E-state index contributed by atoms with van der Waals surface area (Å²) in [5, 5.41) is 7.59. The first-order valence-electron chi connectivity index (χ1n) is 11.4. The van der Waals surface area contributed by atoms with Gasteiger partial charge in [0.05, 0.1) is 17.1 Å². The second-order valence-corrected chi connectivity index (χ2v) is 10.5. The molecule has 9 nitrogen and oxygen atoms in total. The molecule has 1 aliphatic rings.